The van der Waals surface area contributed by atoms with E-state index in [9.17, 15) is 0 Å². The molecule has 0 radical (unpaired) electrons. The maximum atomic E-state index is 5.30. The molecule has 62 valence electrons. The summed E-state index contributed by atoms with van der Waals surface area (Å²) in [7, 11) is 0. The molecule has 2 nitrogen and oxygen atoms in total. The molecule has 0 aliphatic carbocycles. The van der Waals surface area contributed by atoms with Crippen molar-refractivity contribution in [2.75, 3.05) is 6.61 Å². The van der Waals surface area contributed by atoms with E-state index in [0.29, 0.717) is 12.6 Å². The first-order valence-corrected chi connectivity index (χ1v) is 4.10. The molecular weight excluding hydrogens is 138 g/mol. The van der Waals surface area contributed by atoms with E-state index in [1.54, 1.807) is 0 Å². The second kappa shape index (κ2) is 3.56. The second-order valence-electron chi connectivity index (χ2n) is 2.94. The van der Waals surface area contributed by atoms with Gasteiger partial charge in [-0.2, -0.15) is 0 Å². The quantitative estimate of drug-likeness (QED) is 0.565. The van der Waals surface area contributed by atoms with E-state index in [-0.39, 0.29) is 0 Å². The summed E-state index contributed by atoms with van der Waals surface area (Å²) in [4.78, 5) is 4.34. The molecule has 0 spiro atoms. The van der Waals surface area contributed by atoms with Crippen LogP contribution in [-0.4, -0.2) is 18.5 Å². The summed E-state index contributed by atoms with van der Waals surface area (Å²) in [5, 5.41) is 0. The van der Waals surface area contributed by atoms with Crippen molar-refractivity contribution in [2.45, 2.75) is 33.2 Å². The highest BCUT2D eigenvalue weighted by Crippen LogP contribution is 2.13. The van der Waals surface area contributed by atoms with Gasteiger partial charge in [0.2, 0.25) is 5.90 Å². The summed E-state index contributed by atoms with van der Waals surface area (Å²) in [6, 6.07) is 0.390. The predicted molar refractivity (Wildman–Crippen MR) is 46.9 cm³/mol. The zero-order valence-corrected chi connectivity index (χ0v) is 7.42. The number of aliphatic imine (C=N–C) groups is 1. The molecule has 0 bridgehead atoms. The Kier molecular flexibility index (Phi) is 2.69. The van der Waals surface area contributed by atoms with Crippen LogP contribution in [0.4, 0.5) is 0 Å². The molecule has 0 saturated carbocycles. The second-order valence-corrected chi connectivity index (χ2v) is 2.94. The average molecular weight is 153 g/mol. The van der Waals surface area contributed by atoms with Gasteiger partial charge in [-0.3, -0.25) is 0 Å². The number of hydrogen-bond donors (Lipinski definition) is 0. The summed E-state index contributed by atoms with van der Waals surface area (Å²) in [5.41, 5.74) is 1.36. The third-order valence-corrected chi connectivity index (χ3v) is 1.63. The van der Waals surface area contributed by atoms with Crippen LogP contribution in [0.2, 0.25) is 0 Å². The van der Waals surface area contributed by atoms with Gasteiger partial charge in [0.25, 0.3) is 0 Å². The van der Waals surface area contributed by atoms with Crippen LogP contribution in [-0.2, 0) is 4.74 Å². The number of dihydropyridines is 1. The Morgan fingerprint density at radius 1 is 1.73 bits per heavy atom. The van der Waals surface area contributed by atoms with Crippen LogP contribution in [0.25, 0.3) is 0 Å². The zero-order chi connectivity index (χ0) is 8.27. The first-order chi connectivity index (χ1) is 5.22. The lowest BCUT2D eigenvalue weighted by molar-refractivity contribution is 0.325. The van der Waals surface area contributed by atoms with Crippen LogP contribution in [0.1, 0.15) is 27.2 Å². The summed E-state index contributed by atoms with van der Waals surface area (Å²) in [6.45, 7) is 6.90. The minimum Gasteiger partial charge on any atom is -0.478 e. The molecule has 1 rings (SSSR count). The molecule has 1 aliphatic rings. The van der Waals surface area contributed by atoms with E-state index in [4.69, 9.17) is 4.74 Å². The number of ether oxygens (including phenoxy) is 1. The van der Waals surface area contributed by atoms with E-state index in [1.807, 2.05) is 13.0 Å². The fraction of sp³-hybridized carbons (Fsp3) is 0.667. The van der Waals surface area contributed by atoms with Gasteiger partial charge in [0.1, 0.15) is 0 Å². The predicted octanol–water partition coefficient (Wildman–Crippen LogP) is 2.16. The molecule has 11 heavy (non-hydrogen) atoms. The normalized spacial score (nSPS) is 24.1. The van der Waals surface area contributed by atoms with Crippen molar-refractivity contribution in [3.8, 4) is 0 Å². The number of hydrogen-bond acceptors (Lipinski definition) is 2. The molecule has 0 saturated heterocycles. The van der Waals surface area contributed by atoms with Gasteiger partial charge < -0.3 is 4.74 Å². The molecule has 1 heterocycles. The Morgan fingerprint density at radius 3 is 3.00 bits per heavy atom. The first-order valence-electron chi connectivity index (χ1n) is 4.10. The van der Waals surface area contributed by atoms with Crippen LogP contribution < -0.4 is 0 Å². The molecule has 0 aromatic carbocycles. The van der Waals surface area contributed by atoms with Crippen LogP contribution >= 0.6 is 0 Å². The minimum absolute atomic E-state index is 0.390. The monoisotopic (exact) mass is 153 g/mol. The van der Waals surface area contributed by atoms with Crippen LogP contribution in [0, 0.1) is 0 Å². The zero-order valence-electron chi connectivity index (χ0n) is 7.42. The maximum Gasteiger partial charge on any atom is 0.208 e. The van der Waals surface area contributed by atoms with Gasteiger partial charge in [0, 0.05) is 0 Å². The lowest BCUT2D eigenvalue weighted by Gasteiger charge is -2.15. The Bertz CT molecular complexity index is 194. The van der Waals surface area contributed by atoms with Crippen LogP contribution in [0.5, 0.6) is 0 Å². The standard InChI is InChI=1S/C9H15NO/c1-4-11-9-6-7(2)5-8(3)10-9/h6,8H,4-5H2,1-3H3/t8-/m0/s1. The summed E-state index contributed by atoms with van der Waals surface area (Å²) in [6.07, 6.45) is 3.08. The number of nitrogens with zero attached hydrogens (tertiary/aromatic N) is 1. The Balaban J connectivity index is 2.62. The van der Waals surface area contributed by atoms with Gasteiger partial charge in [-0.25, -0.2) is 4.99 Å². The van der Waals surface area contributed by atoms with Crippen LogP contribution in [0.3, 0.4) is 0 Å². The number of rotatable bonds is 1. The van der Waals surface area contributed by atoms with Gasteiger partial charge in [0.15, 0.2) is 0 Å². The smallest absolute Gasteiger partial charge is 0.208 e. The van der Waals surface area contributed by atoms with E-state index < -0.39 is 0 Å². The highest BCUT2D eigenvalue weighted by molar-refractivity contribution is 5.89. The SMILES string of the molecule is CCOC1=N[C@@H](C)CC(C)=C1. The summed E-state index contributed by atoms with van der Waals surface area (Å²) in [5.74, 6) is 0.795. The van der Waals surface area contributed by atoms with E-state index in [0.717, 1.165) is 12.3 Å². The lowest BCUT2D eigenvalue weighted by Crippen LogP contribution is -2.13. The Morgan fingerprint density at radius 2 is 2.45 bits per heavy atom. The van der Waals surface area contributed by atoms with Gasteiger partial charge in [0.05, 0.1) is 12.6 Å². The molecule has 0 fully saturated rings. The molecular formula is C9H15NO. The third kappa shape index (κ3) is 2.37. The van der Waals surface area contributed by atoms with Crippen molar-refractivity contribution >= 4 is 5.90 Å². The molecule has 1 atom stereocenters. The molecule has 1 aliphatic heterocycles. The van der Waals surface area contributed by atoms with Gasteiger partial charge in [-0.05, 0) is 33.3 Å². The largest absolute Gasteiger partial charge is 0.478 e. The van der Waals surface area contributed by atoms with Crippen molar-refractivity contribution in [1.82, 2.24) is 0 Å². The molecule has 0 unspecified atom stereocenters. The highest BCUT2D eigenvalue weighted by Gasteiger charge is 2.09. The van der Waals surface area contributed by atoms with Gasteiger partial charge in [-0.15, -0.1) is 0 Å². The first kappa shape index (κ1) is 8.31. The average Bonchev–Trinajstić information content (AvgIpc) is 1.85. The molecule has 0 amide bonds. The fourth-order valence-electron chi connectivity index (χ4n) is 1.26. The van der Waals surface area contributed by atoms with Gasteiger partial charge >= 0.3 is 0 Å². The topological polar surface area (TPSA) is 21.6 Å². The summed E-state index contributed by atoms with van der Waals surface area (Å²) >= 11 is 0. The van der Waals surface area contributed by atoms with Crippen molar-refractivity contribution in [2.24, 2.45) is 4.99 Å². The third-order valence-electron chi connectivity index (χ3n) is 1.63. The van der Waals surface area contributed by atoms with Crippen molar-refractivity contribution in [3.63, 3.8) is 0 Å². The van der Waals surface area contributed by atoms with E-state index in [2.05, 4.69) is 18.8 Å². The Labute approximate surface area is 68.0 Å². The minimum atomic E-state index is 0.390. The highest BCUT2D eigenvalue weighted by atomic mass is 16.5. The molecule has 0 aromatic heterocycles. The van der Waals surface area contributed by atoms with Crippen LogP contribution in [0.15, 0.2) is 16.6 Å². The molecule has 2 heteroatoms. The van der Waals surface area contributed by atoms with Crippen molar-refractivity contribution < 1.29 is 4.74 Å². The molecule has 0 aromatic rings. The van der Waals surface area contributed by atoms with E-state index in [1.165, 1.54) is 5.57 Å². The van der Waals surface area contributed by atoms with Crippen molar-refractivity contribution in [3.05, 3.63) is 11.6 Å². The van der Waals surface area contributed by atoms with Crippen molar-refractivity contribution in [1.29, 1.82) is 0 Å². The fourth-order valence-corrected chi connectivity index (χ4v) is 1.26. The van der Waals surface area contributed by atoms with E-state index >= 15 is 0 Å². The lowest BCUT2D eigenvalue weighted by atomic mass is 10.1. The van der Waals surface area contributed by atoms with Gasteiger partial charge in [-0.1, -0.05) is 5.57 Å². The Hall–Kier alpha value is -0.790. The summed E-state index contributed by atoms with van der Waals surface area (Å²) < 4.78 is 5.30. The maximum absolute atomic E-state index is 5.30. The molecule has 0 N–H and O–H groups in total.